The number of rotatable bonds is 5. The van der Waals surface area contributed by atoms with E-state index in [4.69, 9.17) is 4.74 Å². The lowest BCUT2D eigenvalue weighted by Gasteiger charge is -2.36. The maximum absolute atomic E-state index is 11.7. The van der Waals surface area contributed by atoms with Gasteiger partial charge in [0.05, 0.1) is 0 Å². The normalized spacial score (nSPS) is 29.3. The molecule has 0 heterocycles. The molecule has 0 radical (unpaired) electrons. The Morgan fingerprint density at radius 3 is 2.52 bits per heavy atom. The third-order valence-corrected chi connectivity index (χ3v) is 4.62. The fourth-order valence-electron chi connectivity index (χ4n) is 2.84. The minimum Gasteiger partial charge on any atom is -0.445 e. The van der Waals surface area contributed by atoms with Gasteiger partial charge in [-0.1, -0.05) is 44.2 Å². The smallest absolute Gasteiger partial charge is 0.407 e. The van der Waals surface area contributed by atoms with Gasteiger partial charge in [0.2, 0.25) is 0 Å². The van der Waals surface area contributed by atoms with Crippen LogP contribution in [0.1, 0.15) is 38.7 Å². The highest BCUT2D eigenvalue weighted by molar-refractivity contribution is 5.67. The highest BCUT2D eigenvalue weighted by Gasteiger charge is 2.47. The molecule has 114 valence electrons. The average molecular weight is 288 g/mol. The van der Waals surface area contributed by atoms with Crippen molar-refractivity contribution in [3.63, 3.8) is 0 Å². The number of amides is 1. The number of ether oxygens (including phenoxy) is 1. The maximum Gasteiger partial charge on any atom is 0.407 e. The summed E-state index contributed by atoms with van der Waals surface area (Å²) < 4.78 is 5.23. The van der Waals surface area contributed by atoms with Gasteiger partial charge in [-0.3, -0.25) is 0 Å². The lowest BCUT2D eigenvalue weighted by molar-refractivity contribution is 0.125. The summed E-state index contributed by atoms with van der Waals surface area (Å²) in [6.07, 6.45) is 2.97. The zero-order chi connectivity index (χ0) is 14.9. The molecule has 21 heavy (non-hydrogen) atoms. The molecular weight excluding hydrogens is 264 g/mol. The van der Waals surface area contributed by atoms with Gasteiger partial charge in [-0.2, -0.15) is 0 Å². The summed E-state index contributed by atoms with van der Waals surface area (Å²) in [5.41, 5.74) is 1.48. The predicted molar refractivity (Wildman–Crippen MR) is 81.9 cm³/mol. The van der Waals surface area contributed by atoms with Crippen LogP contribution >= 0.6 is 0 Å². The monoisotopic (exact) mass is 288 g/mol. The number of hydrogen-bond acceptors (Lipinski definition) is 3. The summed E-state index contributed by atoms with van der Waals surface area (Å²) >= 11 is 0. The molecule has 2 saturated carbocycles. The second-order valence-electron chi connectivity index (χ2n) is 6.98. The van der Waals surface area contributed by atoms with Gasteiger partial charge in [0.1, 0.15) is 6.61 Å². The van der Waals surface area contributed by atoms with E-state index in [1.165, 1.54) is 6.42 Å². The van der Waals surface area contributed by atoms with Crippen LogP contribution in [0.3, 0.4) is 0 Å². The van der Waals surface area contributed by atoms with E-state index in [0.29, 0.717) is 24.1 Å². The van der Waals surface area contributed by atoms with Crippen LogP contribution in [0.5, 0.6) is 0 Å². The van der Waals surface area contributed by atoms with Gasteiger partial charge in [0, 0.05) is 18.1 Å². The molecular formula is C17H24N2O2. The molecule has 0 saturated heterocycles. The van der Waals surface area contributed by atoms with Gasteiger partial charge in [-0.15, -0.1) is 0 Å². The van der Waals surface area contributed by atoms with E-state index in [1.54, 1.807) is 0 Å². The van der Waals surface area contributed by atoms with Crippen LogP contribution in [0.15, 0.2) is 30.3 Å². The summed E-state index contributed by atoms with van der Waals surface area (Å²) in [6.45, 7) is 4.91. The molecule has 1 unspecified atom stereocenters. The molecule has 2 aliphatic rings. The minimum atomic E-state index is -0.311. The molecule has 1 amide bonds. The zero-order valence-electron chi connectivity index (χ0n) is 12.8. The quantitative estimate of drug-likeness (QED) is 0.876. The van der Waals surface area contributed by atoms with E-state index < -0.39 is 0 Å². The number of carbonyl (C=O) groups excluding carboxylic acids is 1. The fraction of sp³-hybridized carbons (Fsp3) is 0.588. The van der Waals surface area contributed by atoms with Gasteiger partial charge >= 0.3 is 6.09 Å². The second kappa shape index (κ2) is 5.68. The highest BCUT2D eigenvalue weighted by Crippen LogP contribution is 2.45. The van der Waals surface area contributed by atoms with Crippen LogP contribution < -0.4 is 10.6 Å². The standard InChI is InChI=1S/C17H24N2O2/c1-17(2)10-15(17)18-13-8-14(9-13)19-16(20)21-11-12-6-4-3-5-7-12/h3-7,13-15,18H,8-11H2,1-2H3,(H,19,20). The van der Waals surface area contributed by atoms with E-state index in [0.717, 1.165) is 18.4 Å². The van der Waals surface area contributed by atoms with Crippen molar-refractivity contribution in [3.05, 3.63) is 35.9 Å². The van der Waals surface area contributed by atoms with Crippen LogP contribution in [-0.2, 0) is 11.3 Å². The molecule has 0 aromatic heterocycles. The first-order valence-electron chi connectivity index (χ1n) is 7.76. The Bertz CT molecular complexity index is 495. The summed E-state index contributed by atoms with van der Waals surface area (Å²) in [5.74, 6) is 0. The molecule has 2 N–H and O–H groups in total. The summed E-state index contributed by atoms with van der Waals surface area (Å²) in [5, 5.41) is 6.58. The number of hydrogen-bond donors (Lipinski definition) is 2. The highest BCUT2D eigenvalue weighted by atomic mass is 16.5. The number of carbonyl (C=O) groups is 1. The largest absolute Gasteiger partial charge is 0.445 e. The van der Waals surface area contributed by atoms with Crippen molar-refractivity contribution in [1.82, 2.24) is 10.6 Å². The molecule has 2 aliphatic carbocycles. The first-order chi connectivity index (χ1) is 10.0. The molecule has 1 atom stereocenters. The van der Waals surface area contributed by atoms with Crippen molar-refractivity contribution >= 4 is 6.09 Å². The van der Waals surface area contributed by atoms with Crippen molar-refractivity contribution in [2.45, 2.75) is 57.8 Å². The molecule has 0 aliphatic heterocycles. The predicted octanol–water partition coefficient (Wildman–Crippen LogP) is 2.83. The zero-order valence-corrected chi connectivity index (χ0v) is 12.8. The van der Waals surface area contributed by atoms with Crippen molar-refractivity contribution in [3.8, 4) is 0 Å². The molecule has 3 rings (SSSR count). The van der Waals surface area contributed by atoms with Crippen molar-refractivity contribution in [2.24, 2.45) is 5.41 Å². The van der Waals surface area contributed by atoms with Crippen LogP contribution in [0.4, 0.5) is 4.79 Å². The van der Waals surface area contributed by atoms with Crippen LogP contribution in [0.25, 0.3) is 0 Å². The molecule has 2 fully saturated rings. The molecule has 0 spiro atoms. The Morgan fingerprint density at radius 1 is 1.24 bits per heavy atom. The summed E-state index contributed by atoms with van der Waals surface area (Å²) in [6, 6.07) is 11.2. The lowest BCUT2D eigenvalue weighted by Crippen LogP contribution is -2.53. The SMILES string of the molecule is CC1(C)CC1NC1CC(NC(=O)OCc2ccccc2)C1. The van der Waals surface area contributed by atoms with Gasteiger partial charge in [0.25, 0.3) is 0 Å². The minimum absolute atomic E-state index is 0.257. The summed E-state index contributed by atoms with van der Waals surface area (Å²) in [7, 11) is 0. The topological polar surface area (TPSA) is 50.4 Å². The van der Waals surface area contributed by atoms with Crippen molar-refractivity contribution in [2.75, 3.05) is 0 Å². The first kappa shape index (κ1) is 14.4. The third kappa shape index (κ3) is 3.76. The second-order valence-corrected chi connectivity index (χ2v) is 6.98. The van der Waals surface area contributed by atoms with E-state index in [2.05, 4.69) is 24.5 Å². The Balaban J connectivity index is 1.30. The Hall–Kier alpha value is -1.55. The molecule has 4 nitrogen and oxygen atoms in total. The Kier molecular flexibility index (Phi) is 3.89. The Morgan fingerprint density at radius 2 is 1.90 bits per heavy atom. The van der Waals surface area contributed by atoms with E-state index in [9.17, 15) is 4.79 Å². The van der Waals surface area contributed by atoms with Crippen LogP contribution in [-0.4, -0.2) is 24.2 Å². The number of benzene rings is 1. The van der Waals surface area contributed by atoms with Gasteiger partial charge in [-0.05, 0) is 30.2 Å². The molecule has 1 aromatic carbocycles. The Labute approximate surface area is 126 Å². The molecule has 4 heteroatoms. The van der Waals surface area contributed by atoms with Crippen molar-refractivity contribution < 1.29 is 9.53 Å². The van der Waals surface area contributed by atoms with E-state index in [-0.39, 0.29) is 12.1 Å². The van der Waals surface area contributed by atoms with E-state index in [1.807, 2.05) is 30.3 Å². The third-order valence-electron chi connectivity index (χ3n) is 4.62. The van der Waals surface area contributed by atoms with Crippen molar-refractivity contribution in [1.29, 1.82) is 0 Å². The number of alkyl carbamates (subject to hydrolysis) is 1. The molecule has 1 aromatic rings. The van der Waals surface area contributed by atoms with Gasteiger partial charge < -0.3 is 15.4 Å². The molecule has 0 bridgehead atoms. The van der Waals surface area contributed by atoms with E-state index >= 15 is 0 Å². The lowest BCUT2D eigenvalue weighted by atomic mass is 9.86. The first-order valence-corrected chi connectivity index (χ1v) is 7.76. The van der Waals surface area contributed by atoms with Crippen LogP contribution in [0, 0.1) is 5.41 Å². The van der Waals surface area contributed by atoms with Gasteiger partial charge in [0.15, 0.2) is 0 Å². The fourth-order valence-corrected chi connectivity index (χ4v) is 2.84. The van der Waals surface area contributed by atoms with Crippen LogP contribution in [0.2, 0.25) is 0 Å². The summed E-state index contributed by atoms with van der Waals surface area (Å²) in [4.78, 5) is 11.7. The average Bonchev–Trinajstić information content (AvgIpc) is 3.02. The van der Waals surface area contributed by atoms with Gasteiger partial charge in [-0.25, -0.2) is 4.79 Å². The number of nitrogens with one attached hydrogen (secondary N) is 2. The maximum atomic E-state index is 11.7.